The molecule has 6 heteroatoms. The summed E-state index contributed by atoms with van der Waals surface area (Å²) in [4.78, 5) is 4.46. The molecule has 1 aliphatic carbocycles. The Kier molecular flexibility index (Phi) is 5.06. The first kappa shape index (κ1) is 17.5. The molecule has 25 heavy (non-hydrogen) atoms. The van der Waals surface area contributed by atoms with E-state index in [2.05, 4.69) is 10.1 Å². The van der Waals surface area contributed by atoms with Crippen molar-refractivity contribution in [1.29, 1.82) is 0 Å². The zero-order valence-electron chi connectivity index (χ0n) is 13.7. The lowest BCUT2D eigenvalue weighted by Gasteiger charge is -2.34. The number of ether oxygens (including phenoxy) is 1. The van der Waals surface area contributed by atoms with Gasteiger partial charge in [-0.2, -0.15) is 4.98 Å². The van der Waals surface area contributed by atoms with E-state index in [1.807, 2.05) is 54.6 Å². The van der Waals surface area contributed by atoms with Crippen LogP contribution < -0.4 is 10.5 Å². The van der Waals surface area contributed by atoms with Crippen LogP contribution in [0, 0.1) is 0 Å². The highest BCUT2D eigenvalue weighted by Gasteiger charge is 2.39. The highest BCUT2D eigenvalue weighted by molar-refractivity contribution is 5.85. The molecule has 2 aromatic carbocycles. The minimum atomic E-state index is -0.398. The first-order chi connectivity index (χ1) is 11.7. The fraction of sp³-hybridized carbons (Fsp3) is 0.263. The summed E-state index contributed by atoms with van der Waals surface area (Å²) in [5.41, 5.74) is 7.80. The van der Waals surface area contributed by atoms with Crippen molar-refractivity contribution in [3.8, 4) is 17.2 Å². The number of nitrogens with zero attached hydrogens (tertiary/aromatic N) is 2. The molecule has 0 unspecified atom stereocenters. The van der Waals surface area contributed by atoms with E-state index in [4.69, 9.17) is 15.0 Å². The van der Waals surface area contributed by atoms with Crippen molar-refractivity contribution in [2.75, 3.05) is 0 Å². The van der Waals surface area contributed by atoms with Gasteiger partial charge >= 0.3 is 0 Å². The van der Waals surface area contributed by atoms with Gasteiger partial charge < -0.3 is 15.0 Å². The van der Waals surface area contributed by atoms with Crippen LogP contribution in [0.4, 0.5) is 0 Å². The van der Waals surface area contributed by atoms with Crippen LogP contribution in [0.1, 0.15) is 30.7 Å². The van der Waals surface area contributed by atoms with Gasteiger partial charge in [0.05, 0.1) is 5.54 Å². The summed E-state index contributed by atoms with van der Waals surface area (Å²) in [6.07, 6.45) is 2.96. The van der Waals surface area contributed by atoms with E-state index in [9.17, 15) is 0 Å². The van der Waals surface area contributed by atoms with Crippen LogP contribution in [0.3, 0.4) is 0 Å². The van der Waals surface area contributed by atoms with Crippen molar-refractivity contribution in [2.24, 2.45) is 5.73 Å². The Morgan fingerprint density at radius 3 is 2.40 bits per heavy atom. The number of aromatic nitrogens is 2. The van der Waals surface area contributed by atoms with Gasteiger partial charge in [-0.3, -0.25) is 0 Å². The monoisotopic (exact) mass is 357 g/mol. The van der Waals surface area contributed by atoms with Crippen LogP contribution in [0.25, 0.3) is 11.5 Å². The minimum Gasteiger partial charge on any atom is -0.489 e. The molecule has 1 fully saturated rings. The molecule has 5 nitrogen and oxygen atoms in total. The molecule has 0 spiro atoms. The quantitative estimate of drug-likeness (QED) is 0.744. The van der Waals surface area contributed by atoms with Gasteiger partial charge in [-0.15, -0.1) is 12.4 Å². The molecule has 1 saturated carbocycles. The molecule has 1 heterocycles. The SMILES string of the molecule is Cl.NC1(c2noc(-c3ccc(COc4ccccc4)cc3)n2)CCC1. The van der Waals surface area contributed by atoms with Crippen LogP contribution in [0.5, 0.6) is 5.75 Å². The maximum absolute atomic E-state index is 6.23. The molecule has 4 rings (SSSR count). The highest BCUT2D eigenvalue weighted by Crippen LogP contribution is 2.37. The van der Waals surface area contributed by atoms with E-state index in [1.54, 1.807) is 0 Å². The first-order valence-corrected chi connectivity index (χ1v) is 8.13. The number of rotatable bonds is 5. The third-order valence-corrected chi connectivity index (χ3v) is 4.47. The lowest BCUT2D eigenvalue weighted by molar-refractivity contribution is 0.229. The van der Waals surface area contributed by atoms with Gasteiger partial charge in [0.15, 0.2) is 5.82 Å². The second kappa shape index (κ2) is 7.25. The van der Waals surface area contributed by atoms with E-state index in [1.165, 1.54) is 0 Å². The van der Waals surface area contributed by atoms with Crippen LogP contribution in [0.2, 0.25) is 0 Å². The van der Waals surface area contributed by atoms with Gasteiger partial charge in [0.25, 0.3) is 5.89 Å². The van der Waals surface area contributed by atoms with Crippen molar-refractivity contribution >= 4 is 12.4 Å². The fourth-order valence-corrected chi connectivity index (χ4v) is 2.75. The fourth-order valence-electron chi connectivity index (χ4n) is 2.75. The van der Waals surface area contributed by atoms with Crippen molar-refractivity contribution in [1.82, 2.24) is 10.1 Å². The molecule has 1 aromatic heterocycles. The molecule has 0 bridgehead atoms. The smallest absolute Gasteiger partial charge is 0.257 e. The number of para-hydroxylation sites is 1. The van der Waals surface area contributed by atoms with Gasteiger partial charge in [-0.25, -0.2) is 0 Å². The van der Waals surface area contributed by atoms with Gasteiger partial charge in [0.1, 0.15) is 12.4 Å². The highest BCUT2D eigenvalue weighted by atomic mass is 35.5. The Labute approximate surface area is 152 Å². The molecule has 3 aromatic rings. The second-order valence-corrected chi connectivity index (χ2v) is 6.23. The average Bonchev–Trinajstić information content (AvgIpc) is 3.10. The van der Waals surface area contributed by atoms with Gasteiger partial charge in [0.2, 0.25) is 0 Å². The zero-order chi connectivity index (χ0) is 16.4. The van der Waals surface area contributed by atoms with Crippen molar-refractivity contribution in [2.45, 2.75) is 31.4 Å². The summed E-state index contributed by atoms with van der Waals surface area (Å²) >= 11 is 0. The zero-order valence-corrected chi connectivity index (χ0v) is 14.5. The van der Waals surface area contributed by atoms with Crippen LogP contribution >= 0.6 is 12.4 Å². The number of hydrogen-bond acceptors (Lipinski definition) is 5. The van der Waals surface area contributed by atoms with E-state index in [0.29, 0.717) is 18.3 Å². The predicted molar refractivity (Wildman–Crippen MR) is 97.5 cm³/mol. The summed E-state index contributed by atoms with van der Waals surface area (Å²) < 4.78 is 11.1. The summed E-state index contributed by atoms with van der Waals surface area (Å²) in [6.45, 7) is 0.519. The van der Waals surface area contributed by atoms with Gasteiger partial charge in [-0.05, 0) is 49.1 Å². The third kappa shape index (κ3) is 3.67. The normalized spacial score (nSPS) is 15.1. The molecule has 0 saturated heterocycles. The topological polar surface area (TPSA) is 74.2 Å². The molecule has 0 atom stereocenters. The second-order valence-electron chi connectivity index (χ2n) is 6.23. The summed E-state index contributed by atoms with van der Waals surface area (Å²) in [5.74, 6) is 1.98. The Morgan fingerprint density at radius 1 is 1.04 bits per heavy atom. The van der Waals surface area contributed by atoms with E-state index < -0.39 is 5.54 Å². The van der Waals surface area contributed by atoms with Gasteiger partial charge in [0, 0.05) is 5.56 Å². The number of nitrogens with two attached hydrogens (primary N) is 1. The lowest BCUT2D eigenvalue weighted by atomic mass is 9.77. The predicted octanol–water partition coefficient (Wildman–Crippen LogP) is 4.08. The number of benzene rings is 2. The first-order valence-electron chi connectivity index (χ1n) is 8.13. The molecule has 0 aliphatic heterocycles. The standard InChI is InChI=1S/C19H19N3O2.ClH/c20-19(11-4-12-19)18-21-17(24-22-18)15-9-7-14(8-10-15)13-23-16-5-2-1-3-6-16;/h1-3,5-10H,4,11-13,20H2;1H. The Morgan fingerprint density at radius 2 is 1.76 bits per heavy atom. The molecule has 1 aliphatic rings. The lowest BCUT2D eigenvalue weighted by Crippen LogP contribution is -2.44. The van der Waals surface area contributed by atoms with E-state index >= 15 is 0 Å². The van der Waals surface area contributed by atoms with Crippen LogP contribution in [0.15, 0.2) is 59.1 Å². The Bertz CT molecular complexity index is 814. The summed E-state index contributed by atoms with van der Waals surface area (Å²) in [7, 11) is 0. The maximum Gasteiger partial charge on any atom is 0.257 e. The number of hydrogen-bond donors (Lipinski definition) is 1. The summed E-state index contributed by atoms with van der Waals surface area (Å²) in [5, 5.41) is 4.05. The molecule has 2 N–H and O–H groups in total. The van der Waals surface area contributed by atoms with Gasteiger partial charge in [-0.1, -0.05) is 35.5 Å². The largest absolute Gasteiger partial charge is 0.489 e. The van der Waals surface area contributed by atoms with Crippen molar-refractivity contribution in [3.63, 3.8) is 0 Å². The number of halogens is 1. The van der Waals surface area contributed by atoms with Crippen molar-refractivity contribution in [3.05, 3.63) is 66.0 Å². The molecule has 0 amide bonds. The molecular formula is C19H20ClN3O2. The van der Waals surface area contributed by atoms with E-state index in [-0.39, 0.29) is 12.4 Å². The third-order valence-electron chi connectivity index (χ3n) is 4.47. The Balaban J connectivity index is 0.00000182. The maximum atomic E-state index is 6.23. The molecule has 0 radical (unpaired) electrons. The van der Waals surface area contributed by atoms with Crippen molar-refractivity contribution < 1.29 is 9.26 Å². The average molecular weight is 358 g/mol. The summed E-state index contributed by atoms with van der Waals surface area (Å²) in [6, 6.07) is 17.7. The Hall–Kier alpha value is -2.37. The molecular weight excluding hydrogens is 338 g/mol. The van der Waals surface area contributed by atoms with Crippen LogP contribution in [-0.4, -0.2) is 10.1 Å². The molecule has 130 valence electrons. The van der Waals surface area contributed by atoms with E-state index in [0.717, 1.165) is 36.1 Å². The minimum absolute atomic E-state index is 0. The van der Waals surface area contributed by atoms with Crippen LogP contribution in [-0.2, 0) is 12.1 Å².